The second kappa shape index (κ2) is 8.30. The van der Waals surface area contributed by atoms with Gasteiger partial charge in [-0.05, 0) is 50.3 Å². The predicted molar refractivity (Wildman–Crippen MR) is 102 cm³/mol. The van der Waals surface area contributed by atoms with Crippen LogP contribution < -0.4 is 10.1 Å². The maximum Gasteiger partial charge on any atom is 0.317 e. The molecule has 1 unspecified atom stereocenters. The molecule has 3 aliphatic rings. The average Bonchev–Trinajstić information content (AvgIpc) is 3.18. The van der Waals surface area contributed by atoms with Crippen molar-refractivity contribution in [3.05, 3.63) is 30.3 Å². The molecule has 1 aromatic rings. The first-order chi connectivity index (χ1) is 12.8. The van der Waals surface area contributed by atoms with Crippen LogP contribution in [0.4, 0.5) is 4.79 Å². The van der Waals surface area contributed by atoms with Crippen LogP contribution in [0.15, 0.2) is 30.3 Å². The standard InChI is InChI=1S/C21H31N3O2/c25-21(24-15-20(16-24)26-19-10-2-1-3-11-19)22-13-17-7-6-12-23(14-17)18-8-4-5-9-18/h1-3,10-11,17-18,20H,4-9,12-16H2,(H,22,25). The van der Waals surface area contributed by atoms with Gasteiger partial charge >= 0.3 is 6.03 Å². The molecule has 5 nitrogen and oxygen atoms in total. The van der Waals surface area contributed by atoms with Gasteiger partial charge in [-0.15, -0.1) is 0 Å². The molecule has 2 amide bonds. The van der Waals surface area contributed by atoms with Crippen molar-refractivity contribution >= 4 is 6.03 Å². The Bertz CT molecular complexity index is 582. The molecule has 2 heterocycles. The molecule has 1 atom stereocenters. The quantitative estimate of drug-likeness (QED) is 0.881. The lowest BCUT2D eigenvalue weighted by molar-refractivity contribution is 0.0433. The van der Waals surface area contributed by atoms with Crippen LogP contribution >= 0.6 is 0 Å². The minimum atomic E-state index is 0.0656. The Hall–Kier alpha value is -1.75. The van der Waals surface area contributed by atoms with Crippen LogP contribution in [0.1, 0.15) is 38.5 Å². The largest absolute Gasteiger partial charge is 0.487 e. The van der Waals surface area contributed by atoms with Crippen LogP contribution in [0.25, 0.3) is 0 Å². The van der Waals surface area contributed by atoms with E-state index in [0.29, 0.717) is 19.0 Å². The Balaban J connectivity index is 1.15. The van der Waals surface area contributed by atoms with Crippen molar-refractivity contribution in [3.8, 4) is 5.75 Å². The minimum absolute atomic E-state index is 0.0656. The number of nitrogens with one attached hydrogen (secondary N) is 1. The molecule has 1 aliphatic carbocycles. The molecule has 5 heteroatoms. The van der Waals surface area contributed by atoms with E-state index in [4.69, 9.17) is 4.74 Å². The zero-order valence-corrected chi connectivity index (χ0v) is 15.6. The van der Waals surface area contributed by atoms with E-state index in [1.807, 2.05) is 35.2 Å². The maximum atomic E-state index is 12.3. The summed E-state index contributed by atoms with van der Waals surface area (Å²) in [7, 11) is 0. The topological polar surface area (TPSA) is 44.8 Å². The number of hydrogen-bond donors (Lipinski definition) is 1. The van der Waals surface area contributed by atoms with Crippen molar-refractivity contribution < 1.29 is 9.53 Å². The van der Waals surface area contributed by atoms with Crippen LogP contribution in [0, 0.1) is 5.92 Å². The number of nitrogens with zero attached hydrogens (tertiary/aromatic N) is 2. The van der Waals surface area contributed by atoms with Gasteiger partial charge in [0.05, 0.1) is 13.1 Å². The van der Waals surface area contributed by atoms with Crippen LogP contribution in [-0.4, -0.2) is 60.7 Å². The monoisotopic (exact) mass is 357 g/mol. The third-order valence-corrected chi connectivity index (χ3v) is 6.11. The number of piperidine rings is 1. The Labute approximate surface area is 156 Å². The van der Waals surface area contributed by atoms with Crippen molar-refractivity contribution in [2.75, 3.05) is 32.7 Å². The summed E-state index contributed by atoms with van der Waals surface area (Å²) in [6.07, 6.45) is 8.16. The summed E-state index contributed by atoms with van der Waals surface area (Å²) in [5.74, 6) is 1.48. The normalized spacial score (nSPS) is 25.1. The molecule has 2 saturated heterocycles. The van der Waals surface area contributed by atoms with E-state index < -0.39 is 0 Å². The van der Waals surface area contributed by atoms with Crippen molar-refractivity contribution in [1.82, 2.24) is 15.1 Å². The van der Waals surface area contributed by atoms with Crippen molar-refractivity contribution in [3.63, 3.8) is 0 Å². The molecule has 1 aromatic carbocycles. The number of likely N-dealkylation sites (tertiary alicyclic amines) is 2. The average molecular weight is 357 g/mol. The highest BCUT2D eigenvalue weighted by Gasteiger charge is 2.33. The van der Waals surface area contributed by atoms with Gasteiger partial charge in [0.15, 0.2) is 0 Å². The lowest BCUT2D eigenvalue weighted by atomic mass is 9.96. The highest BCUT2D eigenvalue weighted by molar-refractivity contribution is 5.75. The first kappa shape index (κ1) is 17.7. The van der Waals surface area contributed by atoms with Gasteiger partial charge in [-0.1, -0.05) is 31.0 Å². The van der Waals surface area contributed by atoms with Gasteiger partial charge in [0, 0.05) is 19.1 Å². The molecule has 4 rings (SSSR count). The number of amides is 2. The van der Waals surface area contributed by atoms with Crippen molar-refractivity contribution in [2.45, 2.75) is 50.7 Å². The van der Waals surface area contributed by atoms with E-state index in [1.54, 1.807) is 0 Å². The van der Waals surface area contributed by atoms with Gasteiger partial charge < -0.3 is 19.9 Å². The van der Waals surface area contributed by atoms with E-state index in [1.165, 1.54) is 45.1 Å². The lowest BCUT2D eigenvalue weighted by Crippen LogP contribution is -2.59. The molecule has 0 aromatic heterocycles. The summed E-state index contributed by atoms with van der Waals surface area (Å²) in [4.78, 5) is 16.9. The van der Waals surface area contributed by atoms with E-state index in [9.17, 15) is 4.79 Å². The molecular formula is C21H31N3O2. The van der Waals surface area contributed by atoms with Crippen molar-refractivity contribution in [1.29, 1.82) is 0 Å². The molecule has 2 aliphatic heterocycles. The van der Waals surface area contributed by atoms with Crippen LogP contribution in [0.5, 0.6) is 5.75 Å². The summed E-state index contributed by atoms with van der Waals surface area (Å²) >= 11 is 0. The Morgan fingerprint density at radius 2 is 1.81 bits per heavy atom. The Morgan fingerprint density at radius 3 is 2.58 bits per heavy atom. The smallest absolute Gasteiger partial charge is 0.317 e. The highest BCUT2D eigenvalue weighted by atomic mass is 16.5. The molecule has 26 heavy (non-hydrogen) atoms. The van der Waals surface area contributed by atoms with Crippen LogP contribution in [0.3, 0.4) is 0 Å². The van der Waals surface area contributed by atoms with E-state index in [0.717, 1.165) is 24.9 Å². The highest BCUT2D eigenvalue weighted by Crippen LogP contribution is 2.27. The number of carbonyl (C=O) groups is 1. The molecule has 1 saturated carbocycles. The van der Waals surface area contributed by atoms with Crippen LogP contribution in [-0.2, 0) is 0 Å². The summed E-state index contributed by atoms with van der Waals surface area (Å²) in [6.45, 7) is 4.58. The van der Waals surface area contributed by atoms with Gasteiger partial charge in [-0.3, -0.25) is 0 Å². The Morgan fingerprint density at radius 1 is 1.04 bits per heavy atom. The van der Waals surface area contributed by atoms with Gasteiger partial charge in [0.25, 0.3) is 0 Å². The molecule has 1 N–H and O–H groups in total. The van der Waals surface area contributed by atoms with Gasteiger partial charge in [0.1, 0.15) is 11.9 Å². The molecule has 3 fully saturated rings. The summed E-state index contributed by atoms with van der Waals surface area (Å²) in [5, 5.41) is 3.15. The number of carbonyl (C=O) groups excluding carboxylic acids is 1. The summed E-state index contributed by atoms with van der Waals surface area (Å²) in [5.41, 5.74) is 0. The second-order valence-corrected chi connectivity index (χ2v) is 8.09. The number of benzene rings is 1. The third kappa shape index (κ3) is 4.32. The minimum Gasteiger partial charge on any atom is -0.487 e. The van der Waals surface area contributed by atoms with Crippen LogP contribution in [0.2, 0.25) is 0 Å². The zero-order valence-electron chi connectivity index (χ0n) is 15.6. The van der Waals surface area contributed by atoms with Gasteiger partial charge in [0.2, 0.25) is 0 Å². The fraction of sp³-hybridized carbons (Fsp3) is 0.667. The first-order valence-electron chi connectivity index (χ1n) is 10.3. The van der Waals surface area contributed by atoms with Gasteiger partial charge in [-0.2, -0.15) is 0 Å². The molecule has 142 valence electrons. The van der Waals surface area contributed by atoms with E-state index >= 15 is 0 Å². The molecule has 0 bridgehead atoms. The van der Waals surface area contributed by atoms with E-state index in [-0.39, 0.29) is 12.1 Å². The first-order valence-corrected chi connectivity index (χ1v) is 10.3. The molecule has 0 radical (unpaired) electrons. The SMILES string of the molecule is O=C(NCC1CCCN(C2CCCC2)C1)N1CC(Oc2ccccc2)C1. The fourth-order valence-electron chi connectivity index (χ4n) is 4.58. The second-order valence-electron chi connectivity index (χ2n) is 8.09. The number of urea groups is 1. The Kier molecular flexibility index (Phi) is 5.63. The zero-order chi connectivity index (χ0) is 17.8. The van der Waals surface area contributed by atoms with Gasteiger partial charge in [-0.25, -0.2) is 4.79 Å². The number of ether oxygens (including phenoxy) is 1. The molecule has 0 spiro atoms. The number of rotatable bonds is 5. The summed E-state index contributed by atoms with van der Waals surface area (Å²) < 4.78 is 5.87. The molecular weight excluding hydrogens is 326 g/mol. The maximum absolute atomic E-state index is 12.3. The summed E-state index contributed by atoms with van der Waals surface area (Å²) in [6, 6.07) is 10.7. The lowest BCUT2D eigenvalue weighted by Gasteiger charge is -2.40. The number of para-hydroxylation sites is 1. The van der Waals surface area contributed by atoms with Crippen molar-refractivity contribution in [2.24, 2.45) is 5.92 Å². The number of hydrogen-bond acceptors (Lipinski definition) is 3. The predicted octanol–water partition coefficient (Wildman–Crippen LogP) is 3.11. The third-order valence-electron chi connectivity index (χ3n) is 6.11. The fourth-order valence-corrected chi connectivity index (χ4v) is 4.58. The van der Waals surface area contributed by atoms with E-state index in [2.05, 4.69) is 10.2 Å².